The Labute approximate surface area is 54.0 Å². The molecule has 0 spiro atoms. The van der Waals surface area contributed by atoms with E-state index in [0.717, 1.165) is 5.56 Å². The largest absolute Gasteiger partial charge is 0.405 e. The number of hydrogen-bond acceptors (Lipinski definition) is 2. The first-order valence-electron chi connectivity index (χ1n) is 2.72. The molecule has 0 unspecified atom stereocenters. The fraction of sp³-hybridized carbons (Fsp3) is 0. The van der Waals surface area contributed by atoms with Gasteiger partial charge in [0.05, 0.1) is 0 Å². The van der Waals surface area contributed by atoms with Gasteiger partial charge in [-0.1, -0.05) is 0 Å². The normalized spacial score (nSPS) is 10.2. The molecular weight excluding hydrogens is 112 g/mol. The number of nitrogens with two attached hydrogens (primary N) is 1. The first-order chi connectivity index (χ1) is 4.43. The van der Waals surface area contributed by atoms with E-state index < -0.39 is 0 Å². The van der Waals surface area contributed by atoms with Gasteiger partial charge in [-0.25, -0.2) is 0 Å². The van der Waals surface area contributed by atoms with Crippen LogP contribution >= 0.6 is 0 Å². The fourth-order valence-electron chi connectivity index (χ4n) is 0.586. The Balaban J connectivity index is 2.85. The monoisotopic (exact) mass is 120 g/mol. The van der Waals surface area contributed by atoms with Crippen LogP contribution in [0.4, 0.5) is 0 Å². The summed E-state index contributed by atoms with van der Waals surface area (Å²) in [5, 5.41) is 0. The molecule has 0 aliphatic heterocycles. The summed E-state index contributed by atoms with van der Waals surface area (Å²) < 4.78 is 0. The second-order valence-electron chi connectivity index (χ2n) is 1.64. The number of rotatable bonds is 1. The van der Waals surface area contributed by atoms with Crippen molar-refractivity contribution in [2.45, 2.75) is 0 Å². The molecule has 46 valence electrons. The van der Waals surface area contributed by atoms with Crippen LogP contribution in [0.15, 0.2) is 30.7 Å². The Bertz CT molecular complexity index is 191. The number of aromatic nitrogens is 1. The third-order valence-electron chi connectivity index (χ3n) is 0.995. The van der Waals surface area contributed by atoms with E-state index in [0.29, 0.717) is 0 Å². The number of nitrogens with zero attached hydrogens (tertiary/aromatic N) is 1. The molecular formula is C7H8N2. The molecule has 0 aromatic carbocycles. The summed E-state index contributed by atoms with van der Waals surface area (Å²) in [5.74, 6) is 0. The zero-order chi connectivity index (χ0) is 6.53. The molecule has 0 atom stereocenters. The zero-order valence-electron chi connectivity index (χ0n) is 4.99. The minimum absolute atomic E-state index is 1.08. The van der Waals surface area contributed by atoms with Crippen molar-refractivity contribution < 1.29 is 0 Å². The molecule has 1 aromatic heterocycles. The highest BCUT2D eigenvalue weighted by Gasteiger charge is 1.78. The van der Waals surface area contributed by atoms with E-state index in [2.05, 4.69) is 4.98 Å². The average Bonchev–Trinajstić information content (AvgIpc) is 1.91. The van der Waals surface area contributed by atoms with E-state index in [-0.39, 0.29) is 0 Å². The first kappa shape index (κ1) is 5.82. The maximum Gasteiger partial charge on any atom is 0.0273 e. The molecule has 1 rings (SSSR count). The van der Waals surface area contributed by atoms with E-state index in [1.165, 1.54) is 6.20 Å². The standard InChI is InChI=1S/C7H8N2/c8-4-1-7-2-5-9-6-3-7/h1-6H,8H2/b4-1-. The molecule has 0 aliphatic carbocycles. The van der Waals surface area contributed by atoms with Crippen molar-refractivity contribution in [3.8, 4) is 0 Å². The van der Waals surface area contributed by atoms with Crippen LogP contribution in [0.25, 0.3) is 6.08 Å². The summed E-state index contributed by atoms with van der Waals surface area (Å²) >= 11 is 0. The summed E-state index contributed by atoms with van der Waals surface area (Å²) in [5.41, 5.74) is 6.24. The van der Waals surface area contributed by atoms with Crippen LogP contribution in [0.5, 0.6) is 0 Å². The van der Waals surface area contributed by atoms with E-state index in [1.54, 1.807) is 12.4 Å². The smallest absolute Gasteiger partial charge is 0.0273 e. The number of pyridine rings is 1. The van der Waals surface area contributed by atoms with Gasteiger partial charge >= 0.3 is 0 Å². The molecule has 1 aromatic rings. The molecule has 0 radical (unpaired) electrons. The van der Waals surface area contributed by atoms with E-state index in [9.17, 15) is 0 Å². The lowest BCUT2D eigenvalue weighted by atomic mass is 10.3. The molecule has 0 saturated heterocycles. The van der Waals surface area contributed by atoms with Gasteiger partial charge < -0.3 is 5.73 Å². The Hall–Kier alpha value is -1.31. The first-order valence-corrected chi connectivity index (χ1v) is 2.72. The lowest BCUT2D eigenvalue weighted by Crippen LogP contribution is -1.77. The quantitative estimate of drug-likeness (QED) is 0.600. The van der Waals surface area contributed by atoms with Gasteiger partial charge in [-0.05, 0) is 30.0 Å². The minimum Gasteiger partial charge on any atom is -0.405 e. The van der Waals surface area contributed by atoms with Gasteiger partial charge in [-0.3, -0.25) is 4.98 Å². The Morgan fingerprint density at radius 1 is 1.33 bits per heavy atom. The second kappa shape index (κ2) is 2.87. The van der Waals surface area contributed by atoms with Crippen molar-refractivity contribution in [1.29, 1.82) is 0 Å². The van der Waals surface area contributed by atoms with Crippen molar-refractivity contribution in [3.63, 3.8) is 0 Å². The maximum absolute atomic E-state index is 5.16. The highest BCUT2D eigenvalue weighted by atomic mass is 14.6. The van der Waals surface area contributed by atoms with Crippen molar-refractivity contribution >= 4 is 6.08 Å². The van der Waals surface area contributed by atoms with Gasteiger partial charge in [0.2, 0.25) is 0 Å². The molecule has 2 nitrogen and oxygen atoms in total. The third-order valence-corrected chi connectivity index (χ3v) is 0.995. The molecule has 0 fully saturated rings. The van der Waals surface area contributed by atoms with Crippen molar-refractivity contribution in [1.82, 2.24) is 4.98 Å². The van der Waals surface area contributed by atoms with Gasteiger partial charge in [0.1, 0.15) is 0 Å². The third kappa shape index (κ3) is 1.57. The lowest BCUT2D eigenvalue weighted by Gasteiger charge is -1.86. The summed E-state index contributed by atoms with van der Waals surface area (Å²) in [7, 11) is 0. The van der Waals surface area contributed by atoms with Crippen molar-refractivity contribution in [2.24, 2.45) is 5.73 Å². The minimum atomic E-state index is 1.08. The van der Waals surface area contributed by atoms with Crippen molar-refractivity contribution in [3.05, 3.63) is 36.3 Å². The molecule has 0 bridgehead atoms. The summed E-state index contributed by atoms with van der Waals surface area (Å²) in [4.78, 5) is 3.85. The number of hydrogen-bond donors (Lipinski definition) is 1. The van der Waals surface area contributed by atoms with Crippen LogP contribution in [0, 0.1) is 0 Å². The van der Waals surface area contributed by atoms with Crippen LogP contribution in [-0.4, -0.2) is 4.98 Å². The van der Waals surface area contributed by atoms with Crippen LogP contribution < -0.4 is 5.73 Å². The van der Waals surface area contributed by atoms with Gasteiger partial charge in [-0.15, -0.1) is 0 Å². The summed E-state index contributed by atoms with van der Waals surface area (Å²) in [6, 6.07) is 3.78. The van der Waals surface area contributed by atoms with Gasteiger partial charge in [0.25, 0.3) is 0 Å². The van der Waals surface area contributed by atoms with Gasteiger partial charge in [0, 0.05) is 12.4 Å². The molecule has 2 N–H and O–H groups in total. The summed E-state index contributed by atoms with van der Waals surface area (Å²) in [6.45, 7) is 0. The van der Waals surface area contributed by atoms with Crippen molar-refractivity contribution in [2.75, 3.05) is 0 Å². The fourth-order valence-corrected chi connectivity index (χ4v) is 0.586. The summed E-state index contributed by atoms with van der Waals surface area (Å²) in [6.07, 6.45) is 6.79. The predicted molar refractivity (Wildman–Crippen MR) is 37.5 cm³/mol. The molecule has 1 heterocycles. The average molecular weight is 120 g/mol. The molecule has 0 aliphatic rings. The molecule has 9 heavy (non-hydrogen) atoms. The lowest BCUT2D eigenvalue weighted by molar-refractivity contribution is 1.32. The second-order valence-corrected chi connectivity index (χ2v) is 1.64. The topological polar surface area (TPSA) is 38.9 Å². The van der Waals surface area contributed by atoms with E-state index in [1.807, 2.05) is 18.2 Å². The molecule has 2 heteroatoms. The van der Waals surface area contributed by atoms with Crippen LogP contribution in [-0.2, 0) is 0 Å². The Morgan fingerprint density at radius 2 is 2.00 bits per heavy atom. The van der Waals surface area contributed by atoms with E-state index in [4.69, 9.17) is 5.73 Å². The SMILES string of the molecule is N/C=C\c1ccncc1. The predicted octanol–water partition coefficient (Wildman–Crippen LogP) is 1.01. The highest BCUT2D eigenvalue weighted by Crippen LogP contribution is 1.96. The van der Waals surface area contributed by atoms with E-state index >= 15 is 0 Å². The molecule has 0 amide bonds. The zero-order valence-corrected chi connectivity index (χ0v) is 4.99. The van der Waals surface area contributed by atoms with Gasteiger partial charge in [-0.2, -0.15) is 0 Å². The molecule has 0 saturated carbocycles. The Morgan fingerprint density at radius 3 is 2.56 bits per heavy atom. The highest BCUT2D eigenvalue weighted by molar-refractivity contribution is 5.46. The van der Waals surface area contributed by atoms with Crippen LogP contribution in [0.2, 0.25) is 0 Å². The van der Waals surface area contributed by atoms with Gasteiger partial charge in [0.15, 0.2) is 0 Å². The van der Waals surface area contributed by atoms with Crippen LogP contribution in [0.3, 0.4) is 0 Å². The van der Waals surface area contributed by atoms with Crippen LogP contribution in [0.1, 0.15) is 5.56 Å². The maximum atomic E-state index is 5.16. The Kier molecular flexibility index (Phi) is 1.85.